The lowest BCUT2D eigenvalue weighted by Crippen LogP contribution is -2.28. The van der Waals surface area contributed by atoms with Gasteiger partial charge in [-0.3, -0.25) is 9.78 Å². The molecule has 5 heteroatoms. The van der Waals surface area contributed by atoms with Crippen molar-refractivity contribution in [2.45, 2.75) is 20.3 Å². The average molecular weight is 262 g/mol. The second kappa shape index (κ2) is 7.31. The monoisotopic (exact) mass is 262 g/mol. The number of rotatable bonds is 6. The van der Waals surface area contributed by atoms with Gasteiger partial charge in [-0.15, -0.1) is 0 Å². The van der Waals surface area contributed by atoms with Gasteiger partial charge in [0.2, 0.25) is 0 Å². The number of hydrogen-bond acceptors (Lipinski definition) is 3. The number of pyridine rings is 1. The van der Waals surface area contributed by atoms with Crippen LogP contribution in [0.3, 0.4) is 0 Å². The maximum absolute atomic E-state index is 11.8. The highest BCUT2D eigenvalue weighted by molar-refractivity contribution is 5.92. The molecule has 102 valence electrons. The number of carbonyl (C=O) groups is 2. The van der Waals surface area contributed by atoms with Gasteiger partial charge in [0.05, 0.1) is 0 Å². The molecule has 0 saturated carbocycles. The lowest BCUT2D eigenvalue weighted by Gasteiger charge is -2.09. The van der Waals surface area contributed by atoms with Crippen molar-refractivity contribution in [3.63, 3.8) is 0 Å². The molecule has 0 saturated heterocycles. The third-order valence-corrected chi connectivity index (χ3v) is 2.75. The van der Waals surface area contributed by atoms with E-state index in [2.05, 4.69) is 24.1 Å². The van der Waals surface area contributed by atoms with Crippen LogP contribution in [-0.2, 0) is 4.79 Å². The number of nitrogens with zero attached hydrogens (tertiary/aromatic N) is 1. The molecule has 1 aromatic heterocycles. The van der Waals surface area contributed by atoms with E-state index >= 15 is 0 Å². The van der Waals surface area contributed by atoms with Gasteiger partial charge in [0.1, 0.15) is 5.69 Å². The molecule has 0 bridgehead atoms. The Hall–Kier alpha value is -2.17. The summed E-state index contributed by atoms with van der Waals surface area (Å²) in [6, 6.07) is 3.23. The van der Waals surface area contributed by atoms with Gasteiger partial charge in [-0.1, -0.05) is 26.3 Å². The smallest absolute Gasteiger partial charge is 0.328 e. The molecule has 1 unspecified atom stereocenters. The lowest BCUT2D eigenvalue weighted by atomic mass is 10.1. The summed E-state index contributed by atoms with van der Waals surface area (Å²) < 4.78 is 0. The highest BCUT2D eigenvalue weighted by atomic mass is 16.4. The van der Waals surface area contributed by atoms with Crippen molar-refractivity contribution in [3.05, 3.63) is 35.7 Å². The van der Waals surface area contributed by atoms with Crippen molar-refractivity contribution in [2.24, 2.45) is 5.92 Å². The molecule has 1 aromatic rings. The molecule has 19 heavy (non-hydrogen) atoms. The predicted molar refractivity (Wildman–Crippen MR) is 72.7 cm³/mol. The van der Waals surface area contributed by atoms with Crippen LogP contribution in [0.2, 0.25) is 0 Å². The summed E-state index contributed by atoms with van der Waals surface area (Å²) >= 11 is 0. The fraction of sp³-hybridized carbons (Fsp3) is 0.357. The summed E-state index contributed by atoms with van der Waals surface area (Å²) in [7, 11) is 0. The van der Waals surface area contributed by atoms with E-state index in [9.17, 15) is 9.59 Å². The zero-order chi connectivity index (χ0) is 14.3. The topological polar surface area (TPSA) is 79.3 Å². The van der Waals surface area contributed by atoms with Gasteiger partial charge >= 0.3 is 5.97 Å². The maximum atomic E-state index is 11.8. The standard InChI is InChI=1S/C14H18N2O3/c1-3-10(2)8-16-14(19)12-6-4-11(9-15-12)5-7-13(17)18/h4-7,9-10H,3,8H2,1-2H3,(H,16,19)(H,17,18). The first-order valence-electron chi connectivity index (χ1n) is 6.18. The number of carbonyl (C=O) groups excluding carboxylic acids is 1. The highest BCUT2D eigenvalue weighted by Crippen LogP contribution is 2.03. The van der Waals surface area contributed by atoms with E-state index < -0.39 is 5.97 Å². The summed E-state index contributed by atoms with van der Waals surface area (Å²) in [6.45, 7) is 4.75. The Balaban J connectivity index is 2.60. The highest BCUT2D eigenvalue weighted by Gasteiger charge is 2.07. The summed E-state index contributed by atoms with van der Waals surface area (Å²) in [4.78, 5) is 26.1. The Morgan fingerprint density at radius 2 is 2.21 bits per heavy atom. The Morgan fingerprint density at radius 1 is 1.47 bits per heavy atom. The summed E-state index contributed by atoms with van der Waals surface area (Å²) in [5.74, 6) is -0.800. The SMILES string of the molecule is CCC(C)CNC(=O)c1ccc(C=CC(=O)O)cn1. The summed E-state index contributed by atoms with van der Waals surface area (Å²) in [5.41, 5.74) is 0.969. The van der Waals surface area contributed by atoms with Crippen LogP contribution in [0.25, 0.3) is 6.08 Å². The van der Waals surface area contributed by atoms with Crippen LogP contribution in [0.1, 0.15) is 36.3 Å². The van der Waals surface area contributed by atoms with Gasteiger partial charge in [0, 0.05) is 18.8 Å². The van der Waals surface area contributed by atoms with E-state index in [4.69, 9.17) is 5.11 Å². The average Bonchev–Trinajstić information content (AvgIpc) is 2.42. The number of carboxylic acid groups (broad SMARTS) is 1. The number of amides is 1. The predicted octanol–water partition coefficient (Wildman–Crippen LogP) is 1.96. The van der Waals surface area contributed by atoms with Gasteiger partial charge in [-0.2, -0.15) is 0 Å². The quantitative estimate of drug-likeness (QED) is 0.768. The van der Waals surface area contributed by atoms with E-state index in [1.807, 2.05) is 0 Å². The van der Waals surface area contributed by atoms with Crippen molar-refractivity contribution in [3.8, 4) is 0 Å². The molecule has 0 radical (unpaired) electrons. The first-order chi connectivity index (χ1) is 9.02. The summed E-state index contributed by atoms with van der Waals surface area (Å²) in [5, 5.41) is 11.3. The second-order valence-corrected chi connectivity index (χ2v) is 4.37. The van der Waals surface area contributed by atoms with Crippen LogP contribution < -0.4 is 5.32 Å². The molecule has 0 spiro atoms. The van der Waals surface area contributed by atoms with Crippen LogP contribution in [0.5, 0.6) is 0 Å². The van der Waals surface area contributed by atoms with E-state index in [0.717, 1.165) is 12.5 Å². The fourth-order valence-corrected chi connectivity index (χ4v) is 1.31. The van der Waals surface area contributed by atoms with Gasteiger partial charge in [-0.05, 0) is 23.6 Å². The molecular formula is C14H18N2O3. The van der Waals surface area contributed by atoms with Gasteiger partial charge in [-0.25, -0.2) is 4.79 Å². The minimum Gasteiger partial charge on any atom is -0.478 e. The Bertz CT molecular complexity index is 466. The third kappa shape index (κ3) is 5.33. The van der Waals surface area contributed by atoms with Crippen LogP contribution in [0.15, 0.2) is 24.4 Å². The first-order valence-corrected chi connectivity index (χ1v) is 6.18. The second-order valence-electron chi connectivity index (χ2n) is 4.37. The molecule has 0 aromatic carbocycles. The van der Waals surface area contributed by atoms with Crippen LogP contribution in [0.4, 0.5) is 0 Å². The first kappa shape index (κ1) is 14.9. The molecule has 0 fully saturated rings. The van der Waals surface area contributed by atoms with Crippen LogP contribution in [0, 0.1) is 5.92 Å². The molecule has 1 heterocycles. The molecule has 0 aliphatic heterocycles. The van der Waals surface area contributed by atoms with Crippen LogP contribution >= 0.6 is 0 Å². The van der Waals surface area contributed by atoms with Crippen molar-refractivity contribution >= 4 is 18.0 Å². The Morgan fingerprint density at radius 3 is 2.74 bits per heavy atom. The molecule has 1 rings (SSSR count). The minimum atomic E-state index is -1.02. The van der Waals surface area contributed by atoms with Crippen LogP contribution in [-0.4, -0.2) is 28.5 Å². The van der Waals surface area contributed by atoms with Crippen molar-refractivity contribution < 1.29 is 14.7 Å². The molecular weight excluding hydrogens is 244 g/mol. The Kier molecular flexibility index (Phi) is 5.73. The van der Waals surface area contributed by atoms with Crippen molar-refractivity contribution in [2.75, 3.05) is 6.54 Å². The molecule has 1 atom stereocenters. The zero-order valence-corrected chi connectivity index (χ0v) is 11.1. The third-order valence-electron chi connectivity index (χ3n) is 2.75. The number of hydrogen-bond donors (Lipinski definition) is 2. The van der Waals surface area contributed by atoms with Gasteiger partial charge in [0.25, 0.3) is 5.91 Å². The summed E-state index contributed by atoms with van der Waals surface area (Å²) in [6.07, 6.45) is 4.93. The molecule has 1 amide bonds. The molecule has 5 nitrogen and oxygen atoms in total. The normalized spacial score (nSPS) is 12.3. The number of aromatic nitrogens is 1. The number of carboxylic acids is 1. The minimum absolute atomic E-state index is 0.214. The molecule has 2 N–H and O–H groups in total. The van der Waals surface area contributed by atoms with Crippen molar-refractivity contribution in [1.82, 2.24) is 10.3 Å². The number of aliphatic carboxylic acids is 1. The molecule has 0 aliphatic rings. The lowest BCUT2D eigenvalue weighted by molar-refractivity contribution is -0.131. The Labute approximate surface area is 112 Å². The van der Waals surface area contributed by atoms with Crippen molar-refractivity contribution in [1.29, 1.82) is 0 Å². The molecule has 0 aliphatic carbocycles. The zero-order valence-electron chi connectivity index (χ0n) is 11.1. The largest absolute Gasteiger partial charge is 0.478 e. The van der Waals surface area contributed by atoms with Gasteiger partial charge < -0.3 is 10.4 Å². The van der Waals surface area contributed by atoms with E-state index in [1.54, 1.807) is 12.1 Å². The number of nitrogens with one attached hydrogen (secondary N) is 1. The van der Waals surface area contributed by atoms with E-state index in [1.165, 1.54) is 12.3 Å². The fourth-order valence-electron chi connectivity index (χ4n) is 1.31. The van der Waals surface area contributed by atoms with E-state index in [-0.39, 0.29) is 5.91 Å². The van der Waals surface area contributed by atoms with E-state index in [0.29, 0.717) is 23.7 Å². The maximum Gasteiger partial charge on any atom is 0.328 e. The van der Waals surface area contributed by atoms with Gasteiger partial charge in [0.15, 0.2) is 0 Å².